The lowest BCUT2D eigenvalue weighted by atomic mass is 9.95. The molecule has 0 aliphatic carbocycles. The summed E-state index contributed by atoms with van der Waals surface area (Å²) in [6.07, 6.45) is 11.9. The summed E-state index contributed by atoms with van der Waals surface area (Å²) >= 11 is 0. The Morgan fingerprint density at radius 1 is 0.821 bits per heavy atom. The van der Waals surface area contributed by atoms with Crippen molar-refractivity contribution < 1.29 is 48.4 Å². The number of carboxylic acid groups (broad SMARTS) is 2. The Morgan fingerprint density at radius 2 is 1.26 bits per heavy atom. The fourth-order valence-electron chi connectivity index (χ4n) is 3.69. The van der Waals surface area contributed by atoms with E-state index < -0.39 is 18.5 Å². The van der Waals surface area contributed by atoms with Gasteiger partial charge in [-0.25, -0.2) is 9.59 Å². The van der Waals surface area contributed by atoms with Crippen molar-refractivity contribution in [1.29, 1.82) is 0 Å². The van der Waals surface area contributed by atoms with Crippen molar-refractivity contribution in [2.75, 3.05) is 53.2 Å². The van der Waals surface area contributed by atoms with Crippen LogP contribution >= 0.6 is 0 Å². The number of ether oxygens (including phenoxy) is 3. The smallest absolute Gasteiger partial charge is 0.373 e. The van der Waals surface area contributed by atoms with Crippen LogP contribution in [0.5, 0.6) is 0 Å². The Labute approximate surface area is 234 Å². The van der Waals surface area contributed by atoms with E-state index >= 15 is 0 Å². The summed E-state index contributed by atoms with van der Waals surface area (Å²) in [6.45, 7) is 11.5. The summed E-state index contributed by atoms with van der Waals surface area (Å²) in [6, 6.07) is 0. The first-order valence-electron chi connectivity index (χ1n) is 14.0. The Kier molecular flexibility index (Phi) is 33.6. The number of hydrogen-bond donors (Lipinski definition) is 2. The van der Waals surface area contributed by atoms with Crippen molar-refractivity contribution in [3.63, 3.8) is 0 Å². The van der Waals surface area contributed by atoms with Gasteiger partial charge < -0.3 is 29.3 Å². The van der Waals surface area contributed by atoms with Crippen LogP contribution in [0.25, 0.3) is 0 Å². The van der Waals surface area contributed by atoms with Crippen LogP contribution in [-0.2, 0) is 38.2 Å². The predicted molar refractivity (Wildman–Crippen MR) is 146 cm³/mol. The third kappa shape index (κ3) is 31.8. The van der Waals surface area contributed by atoms with E-state index in [2.05, 4.69) is 32.4 Å². The van der Waals surface area contributed by atoms with Crippen molar-refractivity contribution in [1.82, 2.24) is 4.90 Å². The minimum absolute atomic E-state index is 0.0776. The van der Waals surface area contributed by atoms with Gasteiger partial charge in [0.05, 0.1) is 0 Å². The maximum atomic E-state index is 12.6. The van der Waals surface area contributed by atoms with Crippen molar-refractivity contribution in [2.24, 2.45) is 11.8 Å². The molecule has 0 spiro atoms. The molecule has 1 aliphatic rings. The molecule has 39 heavy (non-hydrogen) atoms. The monoisotopic (exact) mass is 563 g/mol. The topological polar surface area (TPSA) is 157 Å². The number of amides is 1. The maximum Gasteiger partial charge on any atom is 0.373 e. The molecule has 1 fully saturated rings. The molecule has 1 saturated heterocycles. The van der Waals surface area contributed by atoms with E-state index in [1.54, 1.807) is 0 Å². The number of methoxy groups -OCH3 is 1. The molecule has 11 nitrogen and oxygen atoms in total. The zero-order valence-electron chi connectivity index (χ0n) is 24.8. The molecule has 0 bridgehead atoms. The molecule has 2 N–H and O–H groups in total. The molecule has 0 aromatic heterocycles. The lowest BCUT2D eigenvalue weighted by Gasteiger charge is -2.30. The zero-order chi connectivity index (χ0) is 30.3. The molecule has 0 aromatic carbocycles. The lowest BCUT2D eigenvalue weighted by molar-refractivity contribution is -0.191. The number of rotatable bonds is 18. The van der Waals surface area contributed by atoms with Gasteiger partial charge in [0.1, 0.15) is 19.8 Å². The van der Waals surface area contributed by atoms with Gasteiger partial charge in [0, 0.05) is 33.4 Å². The largest absolute Gasteiger partial charge is 0.480 e. The van der Waals surface area contributed by atoms with Gasteiger partial charge in [-0.05, 0) is 37.5 Å². The standard InChI is InChI=1S/C20H39NO4.C4H8O.C3H6O3.CO2/c1-5-9-11-17(7-3)13-21(14-18(8-4)12-10-6-2)19(22)15-25-16-20(23)24;1-2-4-5-3-1;1-6-2-3(4)5;2-1-3/h17-18H,5-16H2,1-4H3,(H,23,24);1-4H2;2H2,1H3,(H,4,5);. The minimum Gasteiger partial charge on any atom is -0.480 e. The van der Waals surface area contributed by atoms with Crippen molar-refractivity contribution in [2.45, 2.75) is 91.9 Å². The highest BCUT2D eigenvalue weighted by atomic mass is 16.5. The van der Waals surface area contributed by atoms with E-state index in [-0.39, 0.29) is 25.3 Å². The highest BCUT2D eigenvalue weighted by Gasteiger charge is 2.21. The fraction of sp³-hybridized carbons (Fsp3) is 0.857. The molecule has 0 aromatic rings. The second kappa shape index (κ2) is 31.9. The molecule has 0 saturated carbocycles. The Morgan fingerprint density at radius 3 is 1.51 bits per heavy atom. The minimum atomic E-state index is -1.04. The average molecular weight is 564 g/mol. The van der Waals surface area contributed by atoms with Gasteiger partial charge in [-0.3, -0.25) is 4.79 Å². The van der Waals surface area contributed by atoms with Gasteiger partial charge in [0.2, 0.25) is 5.91 Å². The van der Waals surface area contributed by atoms with Crippen molar-refractivity contribution >= 4 is 24.0 Å². The van der Waals surface area contributed by atoms with Crippen molar-refractivity contribution in [3.8, 4) is 0 Å². The second-order valence-electron chi connectivity index (χ2n) is 9.25. The molecule has 1 amide bonds. The van der Waals surface area contributed by atoms with Crippen LogP contribution in [0.1, 0.15) is 91.9 Å². The summed E-state index contributed by atoms with van der Waals surface area (Å²) in [4.78, 5) is 50.8. The second-order valence-corrected chi connectivity index (χ2v) is 9.25. The number of aliphatic carboxylic acids is 2. The summed E-state index contributed by atoms with van der Waals surface area (Å²) < 4.78 is 14.2. The normalized spacial score (nSPS) is 13.2. The lowest BCUT2D eigenvalue weighted by Crippen LogP contribution is -2.41. The van der Waals surface area contributed by atoms with Crippen LogP contribution in [0.4, 0.5) is 0 Å². The Balaban J connectivity index is -0.000000745. The van der Waals surface area contributed by atoms with Crippen LogP contribution in [0, 0.1) is 11.8 Å². The zero-order valence-corrected chi connectivity index (χ0v) is 24.8. The summed E-state index contributed by atoms with van der Waals surface area (Å²) in [5.41, 5.74) is 0. The fourth-order valence-corrected chi connectivity index (χ4v) is 3.69. The molecular weight excluding hydrogens is 510 g/mol. The van der Waals surface area contributed by atoms with E-state index in [0.717, 1.165) is 52.0 Å². The van der Waals surface area contributed by atoms with Crippen LogP contribution < -0.4 is 0 Å². The van der Waals surface area contributed by atoms with E-state index in [1.807, 2.05) is 4.90 Å². The molecule has 11 heteroatoms. The molecule has 0 radical (unpaired) electrons. The van der Waals surface area contributed by atoms with Crippen LogP contribution in [0.2, 0.25) is 0 Å². The van der Waals surface area contributed by atoms with Crippen LogP contribution in [0.3, 0.4) is 0 Å². The summed E-state index contributed by atoms with van der Waals surface area (Å²) in [7, 11) is 1.34. The third-order valence-electron chi connectivity index (χ3n) is 5.94. The number of carbonyl (C=O) groups is 3. The molecular formula is C28H53NO10. The molecule has 2 unspecified atom stereocenters. The first-order valence-corrected chi connectivity index (χ1v) is 14.0. The van der Waals surface area contributed by atoms with Gasteiger partial charge >= 0.3 is 18.1 Å². The third-order valence-corrected chi connectivity index (χ3v) is 5.94. The summed E-state index contributed by atoms with van der Waals surface area (Å²) in [5.74, 6) is -1.04. The quantitative estimate of drug-likeness (QED) is 0.247. The van der Waals surface area contributed by atoms with Crippen LogP contribution in [0.15, 0.2) is 0 Å². The maximum absolute atomic E-state index is 12.6. The molecule has 1 rings (SSSR count). The first kappa shape index (κ1) is 41.2. The molecule has 1 aliphatic heterocycles. The predicted octanol–water partition coefficient (Wildman–Crippen LogP) is 4.28. The van der Waals surface area contributed by atoms with E-state index in [1.165, 1.54) is 45.6 Å². The number of unbranched alkanes of at least 4 members (excludes halogenated alkanes) is 2. The van der Waals surface area contributed by atoms with Crippen molar-refractivity contribution in [3.05, 3.63) is 0 Å². The van der Waals surface area contributed by atoms with E-state index in [4.69, 9.17) is 29.3 Å². The molecule has 230 valence electrons. The molecule has 2 atom stereocenters. The van der Waals surface area contributed by atoms with Gasteiger partial charge in [0.25, 0.3) is 0 Å². The SMILES string of the molecule is C1CCOC1.CCCCC(CC)CN(CC(CC)CCCC)C(=O)COCC(=O)O.COCC(=O)O.O=C=O. The number of carboxylic acids is 2. The number of nitrogens with zero attached hydrogens (tertiary/aromatic N) is 1. The summed E-state index contributed by atoms with van der Waals surface area (Å²) in [5, 5.41) is 16.5. The molecule has 1 heterocycles. The van der Waals surface area contributed by atoms with E-state index in [9.17, 15) is 14.4 Å². The Hall–Kier alpha value is -2.33. The highest BCUT2D eigenvalue weighted by molar-refractivity contribution is 5.78. The average Bonchev–Trinajstić information content (AvgIpc) is 3.49. The Bertz CT molecular complexity index is 594. The highest BCUT2D eigenvalue weighted by Crippen LogP contribution is 2.19. The van der Waals surface area contributed by atoms with Gasteiger partial charge in [0.15, 0.2) is 0 Å². The first-order chi connectivity index (χ1) is 18.7. The van der Waals surface area contributed by atoms with Crippen LogP contribution in [-0.4, -0.2) is 92.3 Å². The van der Waals surface area contributed by atoms with Gasteiger partial charge in [-0.2, -0.15) is 9.59 Å². The van der Waals surface area contributed by atoms with Gasteiger partial charge in [-0.15, -0.1) is 0 Å². The number of carbonyl (C=O) groups excluding carboxylic acids is 3. The van der Waals surface area contributed by atoms with Gasteiger partial charge in [-0.1, -0.05) is 66.2 Å². The number of hydrogen-bond acceptors (Lipinski definition) is 8. The van der Waals surface area contributed by atoms with E-state index in [0.29, 0.717) is 11.8 Å².